The van der Waals surface area contributed by atoms with Gasteiger partial charge in [-0.1, -0.05) is 31.4 Å². The number of hydrogen-bond donors (Lipinski definition) is 1. The topological polar surface area (TPSA) is 46.5 Å². The first-order valence-corrected chi connectivity index (χ1v) is 8.07. The minimum absolute atomic E-state index is 0.169. The molecule has 0 aliphatic heterocycles. The highest BCUT2D eigenvalue weighted by Gasteiger charge is 2.45. The second-order valence-corrected chi connectivity index (χ2v) is 6.51. The zero-order chi connectivity index (χ0) is 14.8. The average molecular weight is 288 g/mol. The Hall–Kier alpha value is -1.35. The van der Waals surface area contributed by atoms with Crippen LogP contribution in [0, 0.1) is 11.8 Å². The van der Waals surface area contributed by atoms with Gasteiger partial charge in [-0.3, -0.25) is 0 Å². The van der Waals surface area contributed by atoms with Gasteiger partial charge in [-0.2, -0.15) is 0 Å². The van der Waals surface area contributed by atoms with Crippen LogP contribution in [0.4, 0.5) is 0 Å². The van der Waals surface area contributed by atoms with Crippen LogP contribution in [0.5, 0.6) is 0 Å². The van der Waals surface area contributed by atoms with Crippen LogP contribution in [-0.4, -0.2) is 24.3 Å². The molecule has 0 bridgehead atoms. The van der Waals surface area contributed by atoms with Crippen molar-refractivity contribution in [3.8, 4) is 0 Å². The van der Waals surface area contributed by atoms with E-state index in [4.69, 9.17) is 4.74 Å². The van der Waals surface area contributed by atoms with E-state index >= 15 is 0 Å². The van der Waals surface area contributed by atoms with Crippen molar-refractivity contribution in [2.24, 2.45) is 11.8 Å². The largest absolute Gasteiger partial charge is 0.465 e. The van der Waals surface area contributed by atoms with E-state index < -0.39 is 0 Å². The lowest BCUT2D eigenvalue weighted by Gasteiger charge is -2.26. The molecule has 2 fully saturated rings. The van der Waals surface area contributed by atoms with Crippen molar-refractivity contribution in [1.29, 1.82) is 0 Å². The van der Waals surface area contributed by atoms with Gasteiger partial charge < -0.3 is 9.84 Å². The Kier molecular flexibility index (Phi) is 4.29. The summed E-state index contributed by atoms with van der Waals surface area (Å²) in [5, 5.41) is 10.6. The summed E-state index contributed by atoms with van der Waals surface area (Å²) in [6, 6.07) is 7.67. The van der Waals surface area contributed by atoms with Gasteiger partial charge in [-0.15, -0.1) is 0 Å². The second-order valence-electron chi connectivity index (χ2n) is 6.51. The predicted molar refractivity (Wildman–Crippen MR) is 81.2 cm³/mol. The minimum Gasteiger partial charge on any atom is -0.465 e. The zero-order valence-electron chi connectivity index (χ0n) is 12.6. The minimum atomic E-state index is -0.290. The first-order valence-electron chi connectivity index (χ1n) is 8.07. The molecule has 0 amide bonds. The molecule has 0 heterocycles. The third kappa shape index (κ3) is 3.13. The molecule has 0 radical (unpaired) electrons. The number of hydrogen-bond acceptors (Lipinski definition) is 3. The molecule has 2 saturated carbocycles. The van der Waals surface area contributed by atoms with Gasteiger partial charge in [0.15, 0.2) is 0 Å². The van der Waals surface area contributed by atoms with Crippen LogP contribution in [0.2, 0.25) is 0 Å². The Balaban J connectivity index is 1.65. The van der Waals surface area contributed by atoms with E-state index in [1.807, 2.05) is 12.1 Å². The first-order chi connectivity index (χ1) is 10.2. The Morgan fingerprint density at radius 2 is 2.05 bits per heavy atom. The van der Waals surface area contributed by atoms with E-state index in [0.29, 0.717) is 23.3 Å². The molecule has 3 unspecified atom stereocenters. The Labute approximate surface area is 126 Å². The van der Waals surface area contributed by atoms with Crippen molar-refractivity contribution in [1.82, 2.24) is 0 Å². The number of aliphatic hydroxyl groups is 1. The van der Waals surface area contributed by atoms with Gasteiger partial charge in [0.05, 0.1) is 18.8 Å². The summed E-state index contributed by atoms with van der Waals surface area (Å²) in [7, 11) is 1.40. The van der Waals surface area contributed by atoms with Crippen molar-refractivity contribution in [3.05, 3.63) is 35.4 Å². The molecule has 2 aliphatic carbocycles. The molecule has 0 spiro atoms. The third-order valence-electron chi connectivity index (χ3n) is 5.15. The van der Waals surface area contributed by atoms with Crippen LogP contribution >= 0.6 is 0 Å². The second kappa shape index (κ2) is 6.18. The maximum Gasteiger partial charge on any atom is 0.337 e. The monoisotopic (exact) mass is 288 g/mol. The van der Waals surface area contributed by atoms with E-state index in [-0.39, 0.29) is 12.1 Å². The fourth-order valence-electron chi connectivity index (χ4n) is 3.81. The average Bonchev–Trinajstić information content (AvgIpc) is 3.35. The summed E-state index contributed by atoms with van der Waals surface area (Å²) in [6.45, 7) is 0. The molecule has 21 heavy (non-hydrogen) atoms. The first kappa shape index (κ1) is 14.6. The van der Waals surface area contributed by atoms with Gasteiger partial charge in [-0.05, 0) is 54.7 Å². The highest BCUT2D eigenvalue weighted by molar-refractivity contribution is 5.89. The molecular weight excluding hydrogens is 264 g/mol. The number of rotatable bonds is 4. The van der Waals surface area contributed by atoms with Crippen LogP contribution in [0.25, 0.3) is 0 Å². The van der Waals surface area contributed by atoms with Crippen LogP contribution in [0.1, 0.15) is 60.4 Å². The van der Waals surface area contributed by atoms with Gasteiger partial charge in [0.25, 0.3) is 0 Å². The summed E-state index contributed by atoms with van der Waals surface area (Å²) in [6.07, 6.45) is 7.06. The van der Waals surface area contributed by atoms with Crippen molar-refractivity contribution in [2.75, 3.05) is 7.11 Å². The third-order valence-corrected chi connectivity index (χ3v) is 5.15. The lowest BCUT2D eigenvalue weighted by Crippen LogP contribution is -2.25. The number of aliphatic hydroxyl groups excluding tert-OH is 1. The maximum atomic E-state index is 11.6. The summed E-state index contributed by atoms with van der Waals surface area (Å²) < 4.78 is 4.77. The van der Waals surface area contributed by atoms with E-state index in [1.165, 1.54) is 39.2 Å². The summed E-state index contributed by atoms with van der Waals surface area (Å²) in [5.74, 6) is 0.979. The van der Waals surface area contributed by atoms with Crippen LogP contribution in [0.15, 0.2) is 24.3 Å². The molecule has 2 aliphatic rings. The van der Waals surface area contributed by atoms with Gasteiger partial charge in [0.2, 0.25) is 0 Å². The Morgan fingerprint density at radius 1 is 1.29 bits per heavy atom. The van der Waals surface area contributed by atoms with E-state index in [9.17, 15) is 9.90 Å². The Morgan fingerprint density at radius 3 is 2.76 bits per heavy atom. The van der Waals surface area contributed by atoms with Crippen LogP contribution in [0.3, 0.4) is 0 Å². The fourth-order valence-corrected chi connectivity index (χ4v) is 3.81. The SMILES string of the molecule is COC(=O)c1cccc(C2CC2C(O)C2CCCCC2)c1. The van der Waals surface area contributed by atoms with E-state index in [2.05, 4.69) is 6.07 Å². The van der Waals surface area contributed by atoms with Crippen LogP contribution in [-0.2, 0) is 4.74 Å². The molecule has 1 aromatic carbocycles. The number of benzene rings is 1. The summed E-state index contributed by atoms with van der Waals surface area (Å²) >= 11 is 0. The van der Waals surface area contributed by atoms with Crippen molar-refractivity contribution in [3.63, 3.8) is 0 Å². The molecule has 114 valence electrons. The van der Waals surface area contributed by atoms with Crippen molar-refractivity contribution < 1.29 is 14.6 Å². The number of carbonyl (C=O) groups is 1. The lowest BCUT2D eigenvalue weighted by atomic mass is 9.83. The number of methoxy groups -OCH3 is 1. The molecular formula is C18H24O3. The lowest BCUT2D eigenvalue weighted by molar-refractivity contribution is 0.0600. The van der Waals surface area contributed by atoms with Crippen molar-refractivity contribution in [2.45, 2.75) is 50.5 Å². The van der Waals surface area contributed by atoms with Crippen molar-refractivity contribution >= 4 is 5.97 Å². The summed E-state index contributed by atoms with van der Waals surface area (Å²) in [5.41, 5.74) is 1.77. The Bertz CT molecular complexity index is 505. The molecule has 0 saturated heterocycles. The highest BCUT2D eigenvalue weighted by Crippen LogP contribution is 2.52. The van der Waals surface area contributed by atoms with Gasteiger partial charge in [-0.25, -0.2) is 4.79 Å². The number of esters is 1. The standard InChI is InChI=1S/C18H24O3/c1-21-18(20)14-9-5-8-13(10-14)15-11-16(15)17(19)12-6-3-2-4-7-12/h5,8-10,12,15-17,19H,2-4,6-7,11H2,1H3. The number of ether oxygens (including phenoxy) is 1. The molecule has 3 nitrogen and oxygen atoms in total. The molecule has 3 rings (SSSR count). The molecule has 1 aromatic rings. The van der Waals surface area contributed by atoms with E-state index in [1.54, 1.807) is 6.07 Å². The normalized spacial score (nSPS) is 27.1. The quantitative estimate of drug-likeness (QED) is 0.862. The fraction of sp³-hybridized carbons (Fsp3) is 0.611. The zero-order valence-corrected chi connectivity index (χ0v) is 12.6. The maximum absolute atomic E-state index is 11.6. The summed E-state index contributed by atoms with van der Waals surface area (Å²) in [4.78, 5) is 11.6. The highest BCUT2D eigenvalue weighted by atomic mass is 16.5. The number of carbonyl (C=O) groups excluding carboxylic acids is 1. The van der Waals surface area contributed by atoms with Gasteiger partial charge in [0.1, 0.15) is 0 Å². The molecule has 3 atom stereocenters. The molecule has 1 N–H and O–H groups in total. The van der Waals surface area contributed by atoms with Gasteiger partial charge in [0, 0.05) is 0 Å². The molecule has 3 heteroatoms. The van der Waals surface area contributed by atoms with E-state index in [0.717, 1.165) is 12.0 Å². The van der Waals surface area contributed by atoms with Gasteiger partial charge >= 0.3 is 5.97 Å². The smallest absolute Gasteiger partial charge is 0.337 e. The molecule has 0 aromatic heterocycles. The van der Waals surface area contributed by atoms with Crippen LogP contribution < -0.4 is 0 Å². The predicted octanol–water partition coefficient (Wildman–Crippen LogP) is 3.52.